The summed E-state index contributed by atoms with van der Waals surface area (Å²) in [6, 6.07) is 6.15. The Kier molecular flexibility index (Phi) is 2.14. The highest BCUT2D eigenvalue weighted by molar-refractivity contribution is 6.30. The molecule has 3 heteroatoms. The Bertz CT molecular complexity index is 235. The number of nitrogens with two attached hydrogens (primary N) is 2. The summed E-state index contributed by atoms with van der Waals surface area (Å²) in [4.78, 5) is 0. The first-order chi connectivity index (χ1) is 4.74. The molecule has 0 aliphatic heterocycles. The van der Waals surface area contributed by atoms with Crippen LogP contribution in [0.15, 0.2) is 12.1 Å². The molecule has 0 fully saturated rings. The first-order valence-corrected chi connectivity index (χ1v) is 3.27. The minimum absolute atomic E-state index is 0.406. The normalized spacial score (nSPS) is 9.80. The van der Waals surface area contributed by atoms with Crippen LogP contribution in [-0.4, -0.2) is 0 Å². The maximum atomic E-state index is 5.65. The van der Waals surface area contributed by atoms with Gasteiger partial charge in [-0.15, -0.1) is 0 Å². The van der Waals surface area contributed by atoms with Gasteiger partial charge in [-0.05, 0) is 17.7 Å². The third kappa shape index (κ3) is 1.40. The first-order valence-electron chi connectivity index (χ1n) is 2.89. The minimum atomic E-state index is 0.406. The number of anilines is 1. The molecule has 0 aromatic heterocycles. The van der Waals surface area contributed by atoms with Crippen molar-refractivity contribution in [3.8, 4) is 0 Å². The second-order valence-electron chi connectivity index (χ2n) is 1.96. The van der Waals surface area contributed by atoms with E-state index >= 15 is 0 Å². The molecule has 0 atom stereocenters. The summed E-state index contributed by atoms with van der Waals surface area (Å²) in [6.45, 7) is 0.406. The van der Waals surface area contributed by atoms with Crippen molar-refractivity contribution in [1.82, 2.24) is 0 Å². The lowest BCUT2D eigenvalue weighted by atomic mass is 10.2. The van der Waals surface area contributed by atoms with E-state index in [0.29, 0.717) is 17.3 Å². The number of hydrogen-bond acceptors (Lipinski definition) is 2. The quantitative estimate of drug-likeness (QED) is 0.599. The van der Waals surface area contributed by atoms with Gasteiger partial charge in [-0.25, -0.2) is 0 Å². The van der Waals surface area contributed by atoms with Gasteiger partial charge in [-0.2, -0.15) is 0 Å². The van der Waals surface area contributed by atoms with Gasteiger partial charge < -0.3 is 11.5 Å². The second-order valence-corrected chi connectivity index (χ2v) is 2.40. The van der Waals surface area contributed by atoms with Crippen LogP contribution in [0.4, 0.5) is 5.69 Å². The molecule has 2 nitrogen and oxygen atoms in total. The van der Waals surface area contributed by atoms with Crippen LogP contribution in [0.1, 0.15) is 5.56 Å². The van der Waals surface area contributed by atoms with Crippen molar-refractivity contribution in [2.75, 3.05) is 5.73 Å². The number of hydrogen-bond donors (Lipinski definition) is 2. The number of nitrogen functional groups attached to an aromatic ring is 1. The van der Waals surface area contributed by atoms with Crippen LogP contribution < -0.4 is 11.5 Å². The van der Waals surface area contributed by atoms with Gasteiger partial charge in [0.25, 0.3) is 0 Å². The zero-order valence-electron chi connectivity index (χ0n) is 5.39. The molecule has 53 valence electrons. The Balaban J connectivity index is 3.09. The van der Waals surface area contributed by atoms with Crippen molar-refractivity contribution in [3.63, 3.8) is 0 Å². The lowest BCUT2D eigenvalue weighted by Crippen LogP contribution is -2.00. The fourth-order valence-corrected chi connectivity index (χ4v) is 0.880. The molecule has 1 aromatic rings. The Labute approximate surface area is 64.8 Å². The van der Waals surface area contributed by atoms with E-state index in [-0.39, 0.29) is 0 Å². The molecule has 1 aromatic carbocycles. The molecular formula is C7H8ClN2. The van der Waals surface area contributed by atoms with Crippen LogP contribution in [0.3, 0.4) is 0 Å². The van der Waals surface area contributed by atoms with Gasteiger partial charge in [-0.3, -0.25) is 0 Å². The second kappa shape index (κ2) is 2.90. The van der Waals surface area contributed by atoms with Crippen LogP contribution in [0, 0.1) is 6.07 Å². The Hall–Kier alpha value is -0.730. The monoisotopic (exact) mass is 155 g/mol. The molecule has 0 saturated carbocycles. The SMILES string of the molecule is NCc1cc(Cl)c[c]c1N. The van der Waals surface area contributed by atoms with Gasteiger partial charge in [0.1, 0.15) is 0 Å². The molecule has 0 bridgehead atoms. The highest BCUT2D eigenvalue weighted by Gasteiger charge is 1.96. The van der Waals surface area contributed by atoms with E-state index in [0.717, 1.165) is 5.56 Å². The molecule has 0 unspecified atom stereocenters. The van der Waals surface area contributed by atoms with Gasteiger partial charge in [0, 0.05) is 23.3 Å². The summed E-state index contributed by atoms with van der Waals surface area (Å²) in [5.74, 6) is 0. The molecule has 10 heavy (non-hydrogen) atoms. The maximum Gasteiger partial charge on any atom is 0.0441 e. The van der Waals surface area contributed by atoms with Crippen LogP contribution in [0.5, 0.6) is 0 Å². The Morgan fingerprint density at radius 2 is 2.30 bits per heavy atom. The molecule has 4 N–H and O–H groups in total. The summed E-state index contributed by atoms with van der Waals surface area (Å²) < 4.78 is 0. The van der Waals surface area contributed by atoms with Crippen LogP contribution in [0.2, 0.25) is 5.02 Å². The zero-order chi connectivity index (χ0) is 7.56. The molecule has 0 aliphatic rings. The van der Waals surface area contributed by atoms with E-state index in [2.05, 4.69) is 6.07 Å². The summed E-state index contributed by atoms with van der Waals surface area (Å²) in [6.07, 6.45) is 0. The fraction of sp³-hybridized carbons (Fsp3) is 0.143. The predicted molar refractivity (Wildman–Crippen MR) is 42.6 cm³/mol. The van der Waals surface area contributed by atoms with Gasteiger partial charge in [-0.1, -0.05) is 11.6 Å². The molecule has 0 saturated heterocycles. The number of benzene rings is 1. The van der Waals surface area contributed by atoms with Crippen molar-refractivity contribution in [2.45, 2.75) is 6.54 Å². The van der Waals surface area contributed by atoms with Gasteiger partial charge in [0.15, 0.2) is 0 Å². The number of halogens is 1. The standard InChI is InChI=1S/C7H8ClN2/c8-6-1-2-7(10)5(3-6)4-9/h1,3H,4,9-10H2. The van der Waals surface area contributed by atoms with E-state index in [1.54, 1.807) is 12.1 Å². The van der Waals surface area contributed by atoms with Crippen molar-refractivity contribution in [3.05, 3.63) is 28.8 Å². The number of rotatable bonds is 1. The molecule has 0 amide bonds. The average molecular weight is 156 g/mol. The van der Waals surface area contributed by atoms with E-state index in [1.807, 2.05) is 0 Å². The van der Waals surface area contributed by atoms with Crippen molar-refractivity contribution in [2.24, 2.45) is 5.73 Å². The smallest absolute Gasteiger partial charge is 0.0441 e. The molecule has 0 spiro atoms. The maximum absolute atomic E-state index is 5.65. The van der Waals surface area contributed by atoms with Crippen molar-refractivity contribution < 1.29 is 0 Å². The van der Waals surface area contributed by atoms with Crippen LogP contribution >= 0.6 is 11.6 Å². The van der Waals surface area contributed by atoms with E-state index in [1.165, 1.54) is 0 Å². The molecule has 0 aliphatic carbocycles. The van der Waals surface area contributed by atoms with Crippen LogP contribution in [-0.2, 0) is 6.54 Å². The predicted octanol–water partition coefficient (Wildman–Crippen LogP) is 1.18. The Morgan fingerprint density at radius 1 is 1.60 bits per heavy atom. The fourth-order valence-electron chi connectivity index (χ4n) is 0.694. The van der Waals surface area contributed by atoms with Gasteiger partial charge in [0.05, 0.1) is 0 Å². The molecule has 1 radical (unpaired) electrons. The van der Waals surface area contributed by atoms with E-state index in [4.69, 9.17) is 23.1 Å². The summed E-state index contributed by atoms with van der Waals surface area (Å²) in [5, 5.41) is 0.620. The van der Waals surface area contributed by atoms with E-state index < -0.39 is 0 Å². The van der Waals surface area contributed by atoms with Crippen molar-refractivity contribution >= 4 is 17.3 Å². The average Bonchev–Trinajstić information content (AvgIpc) is 1.94. The minimum Gasteiger partial charge on any atom is -0.398 e. The molecule has 1 rings (SSSR count). The van der Waals surface area contributed by atoms with Gasteiger partial charge >= 0.3 is 0 Å². The first kappa shape index (κ1) is 7.38. The topological polar surface area (TPSA) is 52.0 Å². The van der Waals surface area contributed by atoms with Crippen molar-refractivity contribution in [1.29, 1.82) is 0 Å². The molecular weight excluding hydrogens is 148 g/mol. The third-order valence-electron chi connectivity index (χ3n) is 1.24. The lowest BCUT2D eigenvalue weighted by molar-refractivity contribution is 1.07. The van der Waals surface area contributed by atoms with Gasteiger partial charge in [0.2, 0.25) is 0 Å². The highest BCUT2D eigenvalue weighted by atomic mass is 35.5. The highest BCUT2D eigenvalue weighted by Crippen LogP contribution is 2.15. The Morgan fingerprint density at radius 3 is 2.80 bits per heavy atom. The molecule has 0 heterocycles. The zero-order valence-corrected chi connectivity index (χ0v) is 6.15. The summed E-state index contributed by atoms with van der Waals surface area (Å²) in [5.41, 5.74) is 12.3. The third-order valence-corrected chi connectivity index (χ3v) is 1.46. The van der Waals surface area contributed by atoms with Crippen LogP contribution in [0.25, 0.3) is 0 Å². The lowest BCUT2D eigenvalue weighted by Gasteiger charge is -2.00. The largest absolute Gasteiger partial charge is 0.398 e. The summed E-state index contributed by atoms with van der Waals surface area (Å²) >= 11 is 5.65. The summed E-state index contributed by atoms with van der Waals surface area (Å²) in [7, 11) is 0. The van der Waals surface area contributed by atoms with E-state index in [9.17, 15) is 0 Å².